The maximum atomic E-state index is 12.4. The summed E-state index contributed by atoms with van der Waals surface area (Å²) < 4.78 is 26.1. The highest BCUT2D eigenvalue weighted by molar-refractivity contribution is 7.89. The van der Waals surface area contributed by atoms with Crippen molar-refractivity contribution in [2.24, 2.45) is 0 Å². The number of rotatable bonds is 6. The molecule has 0 radical (unpaired) electrons. The highest BCUT2D eigenvalue weighted by Gasteiger charge is 2.30. The summed E-state index contributed by atoms with van der Waals surface area (Å²) in [6, 6.07) is 6.56. The molecule has 5 nitrogen and oxygen atoms in total. The summed E-state index contributed by atoms with van der Waals surface area (Å²) in [6.07, 6.45) is 2.10. The predicted octanol–water partition coefficient (Wildman–Crippen LogP) is 1.95. The summed E-state index contributed by atoms with van der Waals surface area (Å²) in [4.78, 5) is 14.2. The van der Waals surface area contributed by atoms with Crippen LogP contribution in [0.5, 0.6) is 0 Å². The summed E-state index contributed by atoms with van der Waals surface area (Å²) in [5, 5.41) is 0. The average Bonchev–Trinajstić information content (AvgIpc) is 3.31. The topological polar surface area (TPSA) is 57.7 Å². The number of carbonyl (C=O) groups excluding carboxylic acids is 1. The molecule has 0 heterocycles. The van der Waals surface area contributed by atoms with Gasteiger partial charge in [0.15, 0.2) is 0 Å². The minimum Gasteiger partial charge on any atom is -0.339 e. The fourth-order valence-corrected chi connectivity index (χ4v) is 3.77. The third kappa shape index (κ3) is 3.27. The van der Waals surface area contributed by atoms with Crippen LogP contribution in [0.2, 0.25) is 0 Å². The molecule has 0 aliphatic heterocycles. The minimum absolute atomic E-state index is 0.0516. The van der Waals surface area contributed by atoms with E-state index in [0.717, 1.165) is 12.8 Å². The second kappa shape index (κ2) is 6.15. The van der Waals surface area contributed by atoms with E-state index in [4.69, 9.17) is 0 Å². The Bertz CT molecular complexity index is 602. The Morgan fingerprint density at radius 2 is 1.67 bits per heavy atom. The first-order valence-electron chi connectivity index (χ1n) is 7.29. The van der Waals surface area contributed by atoms with Gasteiger partial charge < -0.3 is 4.90 Å². The van der Waals surface area contributed by atoms with E-state index in [1.807, 2.05) is 13.8 Å². The SMILES string of the molecule is CCN(CC)S(=O)(=O)c1ccc(C(=O)N(C)C2CC2)cc1. The summed E-state index contributed by atoms with van der Waals surface area (Å²) in [5.74, 6) is -0.0516. The van der Waals surface area contributed by atoms with Crippen molar-refractivity contribution in [1.82, 2.24) is 9.21 Å². The van der Waals surface area contributed by atoms with Crippen molar-refractivity contribution in [1.29, 1.82) is 0 Å². The van der Waals surface area contributed by atoms with Gasteiger partial charge in [0.2, 0.25) is 10.0 Å². The largest absolute Gasteiger partial charge is 0.339 e. The lowest BCUT2D eigenvalue weighted by atomic mass is 10.2. The first-order valence-corrected chi connectivity index (χ1v) is 8.73. The zero-order valence-corrected chi connectivity index (χ0v) is 13.6. The Labute approximate surface area is 126 Å². The number of sulfonamides is 1. The molecular weight excluding hydrogens is 288 g/mol. The Morgan fingerprint density at radius 1 is 1.14 bits per heavy atom. The normalized spacial score (nSPS) is 15.2. The summed E-state index contributed by atoms with van der Waals surface area (Å²) in [7, 11) is -1.67. The molecule has 1 aromatic rings. The molecule has 0 atom stereocenters. The molecule has 1 saturated carbocycles. The average molecular weight is 310 g/mol. The van der Waals surface area contributed by atoms with Gasteiger partial charge in [0.1, 0.15) is 0 Å². The Balaban J connectivity index is 2.20. The Hall–Kier alpha value is -1.40. The first kappa shape index (κ1) is 16.0. The molecule has 0 saturated heterocycles. The van der Waals surface area contributed by atoms with Gasteiger partial charge in [-0.1, -0.05) is 13.8 Å². The van der Waals surface area contributed by atoms with Gasteiger partial charge in [0.25, 0.3) is 5.91 Å². The van der Waals surface area contributed by atoms with E-state index >= 15 is 0 Å². The Morgan fingerprint density at radius 3 is 2.10 bits per heavy atom. The molecule has 2 rings (SSSR count). The van der Waals surface area contributed by atoms with E-state index in [-0.39, 0.29) is 10.8 Å². The highest BCUT2D eigenvalue weighted by atomic mass is 32.2. The van der Waals surface area contributed by atoms with Crippen LogP contribution in [0.25, 0.3) is 0 Å². The third-order valence-corrected chi connectivity index (χ3v) is 5.92. The van der Waals surface area contributed by atoms with Crippen LogP contribution in [0.15, 0.2) is 29.2 Å². The van der Waals surface area contributed by atoms with Gasteiger partial charge >= 0.3 is 0 Å². The number of amides is 1. The van der Waals surface area contributed by atoms with Crippen LogP contribution in [0.4, 0.5) is 0 Å². The van der Waals surface area contributed by atoms with Crippen molar-refractivity contribution in [3.8, 4) is 0 Å². The molecule has 116 valence electrons. The molecule has 6 heteroatoms. The van der Waals surface area contributed by atoms with Gasteiger partial charge in [-0.2, -0.15) is 4.31 Å². The van der Waals surface area contributed by atoms with Crippen LogP contribution in [0.3, 0.4) is 0 Å². The summed E-state index contributed by atoms with van der Waals surface area (Å²) in [5.41, 5.74) is 0.530. The van der Waals surface area contributed by atoms with Gasteiger partial charge in [0, 0.05) is 31.7 Å². The van der Waals surface area contributed by atoms with Gasteiger partial charge in [0.05, 0.1) is 4.90 Å². The molecule has 21 heavy (non-hydrogen) atoms. The van der Waals surface area contributed by atoms with Gasteiger partial charge in [-0.15, -0.1) is 0 Å². The van der Waals surface area contributed by atoms with Crippen molar-refractivity contribution in [3.05, 3.63) is 29.8 Å². The van der Waals surface area contributed by atoms with E-state index in [2.05, 4.69) is 0 Å². The fraction of sp³-hybridized carbons (Fsp3) is 0.533. The molecule has 0 spiro atoms. The Kier molecular flexibility index (Phi) is 4.68. The van der Waals surface area contributed by atoms with Crippen LogP contribution in [0, 0.1) is 0 Å². The highest BCUT2D eigenvalue weighted by Crippen LogP contribution is 2.27. The van der Waals surface area contributed by atoms with E-state index in [1.54, 1.807) is 24.1 Å². The lowest BCUT2D eigenvalue weighted by Gasteiger charge is -2.19. The molecule has 1 fully saturated rings. The zero-order valence-electron chi connectivity index (χ0n) is 12.7. The quantitative estimate of drug-likeness (QED) is 0.807. The van der Waals surface area contributed by atoms with Gasteiger partial charge in [-0.3, -0.25) is 4.79 Å². The van der Waals surface area contributed by atoms with Crippen molar-refractivity contribution in [3.63, 3.8) is 0 Å². The fourth-order valence-electron chi connectivity index (χ4n) is 2.31. The van der Waals surface area contributed by atoms with E-state index in [9.17, 15) is 13.2 Å². The van der Waals surface area contributed by atoms with Crippen molar-refractivity contribution < 1.29 is 13.2 Å². The lowest BCUT2D eigenvalue weighted by molar-refractivity contribution is 0.0785. The van der Waals surface area contributed by atoms with Crippen LogP contribution in [-0.4, -0.2) is 49.7 Å². The van der Waals surface area contributed by atoms with Gasteiger partial charge in [-0.05, 0) is 37.1 Å². The molecular formula is C15H22N2O3S. The summed E-state index contributed by atoms with van der Waals surface area (Å²) >= 11 is 0. The number of hydrogen-bond donors (Lipinski definition) is 0. The van der Waals surface area contributed by atoms with E-state index in [0.29, 0.717) is 24.7 Å². The summed E-state index contributed by atoms with van der Waals surface area (Å²) in [6.45, 7) is 4.49. The van der Waals surface area contributed by atoms with E-state index < -0.39 is 10.0 Å². The van der Waals surface area contributed by atoms with Crippen molar-refractivity contribution in [2.75, 3.05) is 20.1 Å². The zero-order chi connectivity index (χ0) is 15.6. The van der Waals surface area contributed by atoms with Crippen LogP contribution in [0.1, 0.15) is 37.0 Å². The molecule has 0 unspecified atom stereocenters. The molecule has 1 aromatic carbocycles. The smallest absolute Gasteiger partial charge is 0.253 e. The molecule has 1 aliphatic carbocycles. The van der Waals surface area contributed by atoms with Crippen LogP contribution >= 0.6 is 0 Å². The molecule has 1 amide bonds. The lowest BCUT2D eigenvalue weighted by Crippen LogP contribution is -2.31. The second-order valence-corrected chi connectivity index (χ2v) is 7.20. The molecule has 1 aliphatic rings. The van der Waals surface area contributed by atoms with Gasteiger partial charge in [-0.25, -0.2) is 8.42 Å². The molecule has 0 bridgehead atoms. The molecule has 0 N–H and O–H groups in total. The van der Waals surface area contributed by atoms with Crippen molar-refractivity contribution in [2.45, 2.75) is 37.6 Å². The number of carbonyl (C=O) groups is 1. The predicted molar refractivity (Wildman–Crippen MR) is 81.7 cm³/mol. The maximum Gasteiger partial charge on any atom is 0.253 e. The maximum absolute atomic E-state index is 12.4. The minimum atomic E-state index is -3.46. The van der Waals surface area contributed by atoms with E-state index in [1.165, 1.54) is 16.4 Å². The second-order valence-electron chi connectivity index (χ2n) is 5.26. The first-order chi connectivity index (χ1) is 9.91. The third-order valence-electron chi connectivity index (χ3n) is 3.86. The standard InChI is InChI=1S/C15H22N2O3S/c1-4-17(5-2)21(19,20)14-10-6-12(7-11-14)15(18)16(3)13-8-9-13/h6-7,10-11,13H,4-5,8-9H2,1-3H3. The molecule has 0 aromatic heterocycles. The van der Waals surface area contributed by atoms with Crippen molar-refractivity contribution >= 4 is 15.9 Å². The number of benzene rings is 1. The van der Waals surface area contributed by atoms with Crippen LogP contribution in [-0.2, 0) is 10.0 Å². The number of nitrogens with zero attached hydrogens (tertiary/aromatic N) is 2. The monoisotopic (exact) mass is 310 g/mol. The number of hydrogen-bond acceptors (Lipinski definition) is 3. The van der Waals surface area contributed by atoms with Crippen LogP contribution < -0.4 is 0 Å².